The van der Waals surface area contributed by atoms with Crippen LogP contribution < -0.4 is 15.3 Å². The SMILES string of the molecule is O=C([O-])c1cc(C(=O)[O-])cc(C(=O)[O-])c1.[V+3]. The molecule has 0 aliphatic rings. The van der Waals surface area contributed by atoms with Crippen molar-refractivity contribution in [3.8, 4) is 0 Å². The smallest absolute Gasteiger partial charge is 0.545 e. The van der Waals surface area contributed by atoms with E-state index in [1.165, 1.54) is 0 Å². The van der Waals surface area contributed by atoms with Crippen LogP contribution in [0.15, 0.2) is 18.2 Å². The molecule has 1 aromatic rings. The van der Waals surface area contributed by atoms with Crippen LogP contribution in [-0.2, 0) is 18.6 Å². The predicted molar refractivity (Wildman–Crippen MR) is 39.4 cm³/mol. The second kappa shape index (κ2) is 5.34. The van der Waals surface area contributed by atoms with E-state index in [1.807, 2.05) is 0 Å². The quantitative estimate of drug-likeness (QED) is 0.562. The molecule has 0 radical (unpaired) electrons. The summed E-state index contributed by atoms with van der Waals surface area (Å²) in [6.45, 7) is 0. The van der Waals surface area contributed by atoms with Crippen LogP contribution in [0.4, 0.5) is 0 Å². The number of carboxylic acid groups (broad SMARTS) is 3. The molecule has 0 N–H and O–H groups in total. The number of aromatic carboxylic acids is 3. The number of carbonyl (C=O) groups is 3. The molecular weight excluding hydrogens is 255 g/mol. The van der Waals surface area contributed by atoms with Gasteiger partial charge in [-0.05, 0) is 34.9 Å². The van der Waals surface area contributed by atoms with Crippen LogP contribution in [0.5, 0.6) is 0 Å². The van der Waals surface area contributed by atoms with Crippen LogP contribution in [0.2, 0.25) is 0 Å². The average molecular weight is 258 g/mol. The van der Waals surface area contributed by atoms with Crippen molar-refractivity contribution in [3.05, 3.63) is 34.9 Å². The van der Waals surface area contributed by atoms with E-state index < -0.39 is 34.6 Å². The Morgan fingerprint density at radius 3 is 1.00 bits per heavy atom. The van der Waals surface area contributed by atoms with E-state index in [2.05, 4.69) is 0 Å². The van der Waals surface area contributed by atoms with Gasteiger partial charge in [0.15, 0.2) is 0 Å². The molecule has 0 aliphatic carbocycles. The zero-order chi connectivity index (χ0) is 11.6. The zero-order valence-corrected chi connectivity index (χ0v) is 9.03. The molecule has 1 rings (SSSR count). The van der Waals surface area contributed by atoms with Crippen molar-refractivity contribution in [2.45, 2.75) is 0 Å². The Labute approximate surface area is 101 Å². The minimum absolute atomic E-state index is 0. The Morgan fingerprint density at radius 2 is 0.875 bits per heavy atom. The van der Waals surface area contributed by atoms with Crippen molar-refractivity contribution in [1.29, 1.82) is 0 Å². The maximum Gasteiger partial charge on any atom is 3.00 e. The summed E-state index contributed by atoms with van der Waals surface area (Å²) in [5.41, 5.74) is -1.68. The van der Waals surface area contributed by atoms with Gasteiger partial charge in [0.2, 0.25) is 0 Å². The Hall–Kier alpha value is -1.79. The number of rotatable bonds is 3. The zero-order valence-electron chi connectivity index (χ0n) is 7.63. The molecule has 80 valence electrons. The van der Waals surface area contributed by atoms with Crippen molar-refractivity contribution < 1.29 is 48.3 Å². The second-order valence-corrected chi connectivity index (χ2v) is 2.66. The number of hydrogen-bond acceptors (Lipinski definition) is 6. The number of benzene rings is 1. The maximum atomic E-state index is 10.4. The molecule has 6 nitrogen and oxygen atoms in total. The van der Waals surface area contributed by atoms with Crippen LogP contribution in [0.1, 0.15) is 31.1 Å². The van der Waals surface area contributed by atoms with E-state index in [1.54, 1.807) is 0 Å². The van der Waals surface area contributed by atoms with Crippen LogP contribution in [0, 0.1) is 0 Å². The number of carboxylic acids is 3. The molecule has 0 aromatic heterocycles. The van der Waals surface area contributed by atoms with Gasteiger partial charge >= 0.3 is 18.6 Å². The molecule has 0 fully saturated rings. The van der Waals surface area contributed by atoms with Crippen molar-refractivity contribution in [2.75, 3.05) is 0 Å². The van der Waals surface area contributed by atoms with E-state index in [0.29, 0.717) is 0 Å². The molecule has 0 bridgehead atoms. The second-order valence-electron chi connectivity index (χ2n) is 2.66. The number of carbonyl (C=O) groups excluding carboxylic acids is 3. The van der Waals surface area contributed by atoms with E-state index >= 15 is 0 Å². The van der Waals surface area contributed by atoms with Gasteiger partial charge < -0.3 is 29.7 Å². The Balaban J connectivity index is 0.00000225. The molecule has 0 heterocycles. The summed E-state index contributed by atoms with van der Waals surface area (Å²) in [5.74, 6) is -5.04. The minimum atomic E-state index is -1.68. The van der Waals surface area contributed by atoms with Gasteiger partial charge in [-0.25, -0.2) is 0 Å². The normalized spacial score (nSPS) is 9.00. The first kappa shape index (κ1) is 14.2. The van der Waals surface area contributed by atoms with Crippen LogP contribution in [0.3, 0.4) is 0 Å². The summed E-state index contributed by atoms with van der Waals surface area (Å²) >= 11 is 0. The monoisotopic (exact) mass is 258 g/mol. The molecule has 16 heavy (non-hydrogen) atoms. The molecule has 7 heteroatoms. The summed E-state index contributed by atoms with van der Waals surface area (Å²) in [7, 11) is 0. The predicted octanol–water partition coefficient (Wildman–Crippen LogP) is -3.23. The van der Waals surface area contributed by atoms with Crippen LogP contribution in [0.25, 0.3) is 0 Å². The van der Waals surface area contributed by atoms with Gasteiger partial charge in [-0.3, -0.25) is 0 Å². The molecule has 0 saturated carbocycles. The van der Waals surface area contributed by atoms with E-state index in [9.17, 15) is 29.7 Å². The van der Waals surface area contributed by atoms with E-state index in [-0.39, 0.29) is 18.6 Å². The summed E-state index contributed by atoms with van der Waals surface area (Å²) in [4.78, 5) is 31.2. The third-order valence-electron chi connectivity index (χ3n) is 1.64. The first-order valence-corrected chi connectivity index (χ1v) is 3.71. The third kappa shape index (κ3) is 3.11. The Kier molecular flexibility index (Phi) is 4.74. The van der Waals surface area contributed by atoms with E-state index in [0.717, 1.165) is 18.2 Å². The van der Waals surface area contributed by atoms with Crippen molar-refractivity contribution in [1.82, 2.24) is 0 Å². The van der Waals surface area contributed by atoms with Crippen molar-refractivity contribution >= 4 is 17.9 Å². The molecule has 0 amide bonds. The minimum Gasteiger partial charge on any atom is -0.545 e. The fraction of sp³-hybridized carbons (Fsp3) is 0. The summed E-state index contributed by atoms with van der Waals surface area (Å²) in [6.07, 6.45) is 0. The molecular formula is C9H3O6V. The molecule has 0 saturated heterocycles. The van der Waals surface area contributed by atoms with Crippen LogP contribution in [-0.4, -0.2) is 17.9 Å². The first-order chi connectivity index (χ1) is 6.91. The Morgan fingerprint density at radius 1 is 0.688 bits per heavy atom. The molecule has 0 spiro atoms. The Bertz CT molecular complexity index is 374. The summed E-state index contributed by atoms with van der Waals surface area (Å²) in [5, 5.41) is 31.2. The average Bonchev–Trinajstić information content (AvgIpc) is 2.16. The fourth-order valence-corrected chi connectivity index (χ4v) is 0.981. The van der Waals surface area contributed by atoms with E-state index in [4.69, 9.17) is 0 Å². The first-order valence-electron chi connectivity index (χ1n) is 3.71. The molecule has 0 unspecified atom stereocenters. The fourth-order valence-electron chi connectivity index (χ4n) is 0.981. The van der Waals surface area contributed by atoms with Gasteiger partial charge in [0.25, 0.3) is 0 Å². The molecule has 0 atom stereocenters. The van der Waals surface area contributed by atoms with Gasteiger partial charge in [0.1, 0.15) is 0 Å². The maximum absolute atomic E-state index is 10.4. The third-order valence-corrected chi connectivity index (χ3v) is 1.64. The van der Waals surface area contributed by atoms with Gasteiger partial charge in [-0.1, -0.05) is 0 Å². The summed E-state index contributed by atoms with van der Waals surface area (Å²) in [6, 6.07) is 2.24. The topological polar surface area (TPSA) is 120 Å². The van der Waals surface area contributed by atoms with Gasteiger partial charge in [-0.2, -0.15) is 0 Å². The van der Waals surface area contributed by atoms with Gasteiger partial charge in [0.05, 0.1) is 17.9 Å². The largest absolute Gasteiger partial charge is 3.00 e. The molecule has 0 aliphatic heterocycles. The van der Waals surface area contributed by atoms with Gasteiger partial charge in [0, 0.05) is 0 Å². The standard InChI is InChI=1S/C9H6O6.V/c10-7(11)4-1-5(8(12)13)3-6(2-4)9(14)15;/h1-3H,(H,10,11)(H,12,13)(H,14,15);/q;+3/p-3. The van der Waals surface area contributed by atoms with Crippen LogP contribution >= 0.6 is 0 Å². The summed E-state index contributed by atoms with van der Waals surface area (Å²) < 4.78 is 0. The van der Waals surface area contributed by atoms with Gasteiger partial charge in [-0.15, -0.1) is 0 Å². The van der Waals surface area contributed by atoms with Crippen molar-refractivity contribution in [2.24, 2.45) is 0 Å². The molecule has 1 aromatic carbocycles. The number of hydrogen-bond donors (Lipinski definition) is 0. The van der Waals surface area contributed by atoms with Crippen molar-refractivity contribution in [3.63, 3.8) is 0 Å².